The lowest BCUT2D eigenvalue weighted by molar-refractivity contribution is 0.669. The van der Waals surface area contributed by atoms with Crippen LogP contribution in [-0.2, 0) is 0 Å². The lowest BCUT2D eigenvalue weighted by atomic mass is 9.87. The zero-order valence-corrected chi connectivity index (χ0v) is 29.9. The first kappa shape index (κ1) is 31.4. The summed E-state index contributed by atoms with van der Waals surface area (Å²) >= 11 is 0. The van der Waals surface area contributed by atoms with E-state index in [0.717, 1.165) is 61.6 Å². The van der Waals surface area contributed by atoms with Gasteiger partial charge in [-0.2, -0.15) is 0 Å². The van der Waals surface area contributed by atoms with Crippen molar-refractivity contribution < 1.29 is 4.42 Å². The largest absolute Gasteiger partial charge is 0.456 e. The molecule has 11 rings (SSSR count). The van der Waals surface area contributed by atoms with Crippen LogP contribution in [0.15, 0.2) is 186 Å². The van der Waals surface area contributed by atoms with E-state index in [1.165, 1.54) is 32.5 Å². The first-order valence-corrected chi connectivity index (χ1v) is 18.8. The van der Waals surface area contributed by atoms with E-state index in [1.807, 2.05) is 18.2 Å². The average molecular weight is 704 g/mol. The second-order valence-electron chi connectivity index (χ2n) is 14.3. The molecule has 1 aliphatic rings. The summed E-state index contributed by atoms with van der Waals surface area (Å²) in [6.45, 7) is 0. The Balaban J connectivity index is 1.09. The van der Waals surface area contributed by atoms with E-state index in [2.05, 4.69) is 164 Å². The van der Waals surface area contributed by atoms with Gasteiger partial charge in [-0.25, -0.2) is 15.0 Å². The molecule has 0 spiro atoms. The Morgan fingerprint density at radius 3 is 1.78 bits per heavy atom. The minimum absolute atomic E-state index is 0.260. The molecule has 0 N–H and O–H groups in total. The Morgan fingerprint density at radius 1 is 0.455 bits per heavy atom. The Bertz CT molecular complexity index is 3200. The fourth-order valence-corrected chi connectivity index (χ4v) is 8.32. The molecule has 8 aromatic carbocycles. The van der Waals surface area contributed by atoms with Gasteiger partial charge in [0.1, 0.15) is 11.2 Å². The summed E-state index contributed by atoms with van der Waals surface area (Å²) < 4.78 is 6.56. The highest BCUT2D eigenvalue weighted by molar-refractivity contribution is 6.17. The maximum absolute atomic E-state index is 6.56. The molecule has 0 aliphatic heterocycles. The van der Waals surface area contributed by atoms with E-state index in [9.17, 15) is 0 Å². The predicted octanol–water partition coefficient (Wildman–Crippen LogP) is 13.4. The standard InChI is InChI=1S/C51H33N3O/c1-3-13-37-30-39(28-22-32(37)10-1)43-18-8-20-45-47(43)48-44(19-9-21-46(48)55-45)51-53-49(52-50(54-51)40-29-23-33-11-2-4-14-38(33)31-40)36-26-24-35(25-27-36)42-17-7-15-34-12-5-6-16-41(34)42/h1-24,26-31,35H,25H2. The molecular formula is C51H33N3O. The van der Waals surface area contributed by atoms with Crippen LogP contribution in [0.25, 0.3) is 93.7 Å². The molecule has 2 heterocycles. The quantitative estimate of drug-likeness (QED) is 0.179. The van der Waals surface area contributed by atoms with E-state index in [4.69, 9.17) is 19.4 Å². The van der Waals surface area contributed by atoms with Crippen LogP contribution < -0.4 is 0 Å². The van der Waals surface area contributed by atoms with Gasteiger partial charge < -0.3 is 4.42 Å². The van der Waals surface area contributed by atoms with Crippen LogP contribution >= 0.6 is 0 Å². The van der Waals surface area contributed by atoms with Crippen molar-refractivity contribution >= 4 is 59.8 Å². The Kier molecular flexibility index (Phi) is 7.27. The number of fused-ring (bicyclic) bond motifs is 6. The molecule has 1 aliphatic carbocycles. The normalized spacial score (nSPS) is 14.3. The van der Waals surface area contributed by atoms with E-state index >= 15 is 0 Å². The van der Waals surface area contributed by atoms with Crippen molar-refractivity contribution in [3.8, 4) is 33.9 Å². The van der Waals surface area contributed by atoms with E-state index in [0.29, 0.717) is 17.5 Å². The minimum atomic E-state index is 0.260. The molecule has 0 saturated carbocycles. The third-order valence-corrected chi connectivity index (χ3v) is 11.0. The van der Waals surface area contributed by atoms with Crippen molar-refractivity contribution in [1.82, 2.24) is 15.0 Å². The maximum Gasteiger partial charge on any atom is 0.164 e. The summed E-state index contributed by atoms with van der Waals surface area (Å²) in [4.78, 5) is 15.7. The molecular weight excluding hydrogens is 671 g/mol. The minimum Gasteiger partial charge on any atom is -0.456 e. The number of furan rings is 1. The molecule has 0 bridgehead atoms. The van der Waals surface area contributed by atoms with Gasteiger partial charge >= 0.3 is 0 Å². The maximum atomic E-state index is 6.56. The zero-order chi connectivity index (χ0) is 36.3. The molecule has 10 aromatic rings. The van der Waals surface area contributed by atoms with Gasteiger partial charge in [0.15, 0.2) is 17.5 Å². The van der Waals surface area contributed by atoms with Gasteiger partial charge in [-0.05, 0) is 79.7 Å². The Morgan fingerprint density at radius 2 is 1.04 bits per heavy atom. The smallest absolute Gasteiger partial charge is 0.164 e. The molecule has 0 fully saturated rings. The van der Waals surface area contributed by atoms with Crippen LogP contribution in [0.4, 0.5) is 0 Å². The van der Waals surface area contributed by atoms with Crippen LogP contribution in [-0.4, -0.2) is 15.0 Å². The molecule has 4 nitrogen and oxygen atoms in total. The molecule has 1 unspecified atom stereocenters. The number of allylic oxidation sites excluding steroid dienone is 4. The third kappa shape index (κ3) is 5.42. The fraction of sp³-hybridized carbons (Fsp3) is 0.0392. The zero-order valence-electron chi connectivity index (χ0n) is 29.9. The monoisotopic (exact) mass is 703 g/mol. The molecule has 0 saturated heterocycles. The molecule has 55 heavy (non-hydrogen) atoms. The van der Waals surface area contributed by atoms with Crippen LogP contribution in [0.5, 0.6) is 0 Å². The van der Waals surface area contributed by atoms with Crippen LogP contribution in [0.3, 0.4) is 0 Å². The second kappa shape index (κ2) is 12.8. The van der Waals surface area contributed by atoms with E-state index in [1.54, 1.807) is 0 Å². The second-order valence-corrected chi connectivity index (χ2v) is 14.3. The summed E-state index contributed by atoms with van der Waals surface area (Å²) in [6.07, 6.45) is 7.62. The first-order valence-electron chi connectivity index (χ1n) is 18.8. The van der Waals surface area contributed by atoms with Crippen molar-refractivity contribution in [2.45, 2.75) is 12.3 Å². The summed E-state index contributed by atoms with van der Waals surface area (Å²) in [7, 11) is 0. The number of hydrogen-bond donors (Lipinski definition) is 0. The number of nitrogens with zero attached hydrogens (tertiary/aromatic N) is 3. The van der Waals surface area contributed by atoms with Gasteiger partial charge in [-0.15, -0.1) is 0 Å². The number of hydrogen-bond acceptors (Lipinski definition) is 4. The molecule has 258 valence electrons. The van der Waals surface area contributed by atoms with Gasteiger partial charge in [0.2, 0.25) is 0 Å². The van der Waals surface area contributed by atoms with Gasteiger partial charge in [0.25, 0.3) is 0 Å². The van der Waals surface area contributed by atoms with Crippen molar-refractivity contribution in [3.05, 3.63) is 193 Å². The molecule has 0 radical (unpaired) electrons. The van der Waals surface area contributed by atoms with Crippen LogP contribution in [0.2, 0.25) is 0 Å². The van der Waals surface area contributed by atoms with Gasteiger partial charge in [0, 0.05) is 33.4 Å². The number of rotatable bonds is 5. The molecule has 0 amide bonds. The summed E-state index contributed by atoms with van der Waals surface area (Å²) in [5.41, 5.74) is 8.04. The lowest BCUT2D eigenvalue weighted by Crippen LogP contribution is -2.05. The third-order valence-electron chi connectivity index (χ3n) is 11.0. The predicted molar refractivity (Wildman–Crippen MR) is 227 cm³/mol. The fourth-order valence-electron chi connectivity index (χ4n) is 8.32. The highest BCUT2D eigenvalue weighted by Crippen LogP contribution is 2.42. The summed E-state index contributed by atoms with van der Waals surface area (Å²) in [5, 5.41) is 9.32. The number of aromatic nitrogens is 3. The Labute approximate surface area is 317 Å². The topological polar surface area (TPSA) is 51.8 Å². The SMILES string of the molecule is C1=CC(c2cccc3ccccc23)CC=C1c1nc(-c2ccc3ccccc3c2)nc(-c2cccc3oc4cccc(-c5ccc6ccccc6c5)c4c23)n1. The molecule has 1 atom stereocenters. The van der Waals surface area contributed by atoms with Gasteiger partial charge in [-0.1, -0.05) is 158 Å². The highest BCUT2D eigenvalue weighted by atomic mass is 16.3. The molecule has 4 heteroatoms. The van der Waals surface area contributed by atoms with Crippen molar-refractivity contribution in [2.24, 2.45) is 0 Å². The first-order chi connectivity index (χ1) is 27.2. The van der Waals surface area contributed by atoms with E-state index in [-0.39, 0.29) is 5.92 Å². The molecule has 2 aromatic heterocycles. The van der Waals surface area contributed by atoms with Gasteiger partial charge in [-0.3, -0.25) is 0 Å². The van der Waals surface area contributed by atoms with E-state index < -0.39 is 0 Å². The lowest BCUT2D eigenvalue weighted by Gasteiger charge is -2.19. The van der Waals surface area contributed by atoms with Crippen LogP contribution in [0, 0.1) is 0 Å². The van der Waals surface area contributed by atoms with Crippen molar-refractivity contribution in [1.29, 1.82) is 0 Å². The summed E-state index contributed by atoms with van der Waals surface area (Å²) in [6, 6.07) is 57.6. The van der Waals surface area contributed by atoms with Gasteiger partial charge in [0.05, 0.1) is 0 Å². The number of benzene rings is 8. The Hall–Kier alpha value is -7.17. The van der Waals surface area contributed by atoms with Crippen molar-refractivity contribution in [2.75, 3.05) is 0 Å². The van der Waals surface area contributed by atoms with Crippen molar-refractivity contribution in [3.63, 3.8) is 0 Å². The highest BCUT2D eigenvalue weighted by Gasteiger charge is 2.22. The average Bonchev–Trinajstić information content (AvgIpc) is 3.65. The summed E-state index contributed by atoms with van der Waals surface area (Å²) in [5.74, 6) is 2.16. The van der Waals surface area contributed by atoms with Crippen LogP contribution in [0.1, 0.15) is 23.7 Å².